The van der Waals surface area contributed by atoms with Crippen LogP contribution < -0.4 is 0 Å². The Balaban J connectivity index is 2.42. The second-order valence-corrected chi connectivity index (χ2v) is 7.17. The van der Waals surface area contributed by atoms with Crippen LogP contribution in [0.4, 0.5) is 0 Å². The summed E-state index contributed by atoms with van der Waals surface area (Å²) in [7, 11) is 1.71. The second kappa shape index (κ2) is 14.0. The molecule has 4 atom stereocenters. The van der Waals surface area contributed by atoms with Gasteiger partial charge in [-0.3, -0.25) is 4.79 Å². The minimum absolute atomic E-state index is 0.0565. The topological polar surface area (TPSA) is 87.0 Å². The molecule has 150 valence electrons. The molecule has 26 heavy (non-hydrogen) atoms. The van der Waals surface area contributed by atoms with Crippen LogP contribution in [0.1, 0.15) is 64.2 Å². The van der Waals surface area contributed by atoms with E-state index in [0.29, 0.717) is 12.8 Å². The number of methoxy groups -OCH3 is 1. The first kappa shape index (κ1) is 22.9. The number of aliphatic carboxylic acids is 1. The molecule has 1 saturated carbocycles. The summed E-state index contributed by atoms with van der Waals surface area (Å²) in [6.07, 6.45) is 16.5. The van der Waals surface area contributed by atoms with Crippen molar-refractivity contribution < 1.29 is 24.9 Å². The Labute approximate surface area is 157 Å². The largest absolute Gasteiger partial charge is 0.481 e. The van der Waals surface area contributed by atoms with Crippen molar-refractivity contribution in [2.75, 3.05) is 13.7 Å². The summed E-state index contributed by atoms with van der Waals surface area (Å²) < 4.78 is 5.58. The molecule has 3 N–H and O–H groups in total. The van der Waals surface area contributed by atoms with Gasteiger partial charge in [0.05, 0.1) is 12.2 Å². The van der Waals surface area contributed by atoms with Gasteiger partial charge in [0.1, 0.15) is 0 Å². The maximum atomic E-state index is 10.5. The van der Waals surface area contributed by atoms with E-state index in [9.17, 15) is 9.90 Å². The first-order chi connectivity index (χ1) is 12.6. The number of carbonyl (C=O) groups is 1. The Kier molecular flexibility index (Phi) is 12.3. The molecule has 0 aromatic carbocycles. The van der Waals surface area contributed by atoms with E-state index in [1.807, 2.05) is 6.08 Å². The van der Waals surface area contributed by atoms with Crippen molar-refractivity contribution in [3.63, 3.8) is 0 Å². The third-order valence-corrected chi connectivity index (χ3v) is 5.17. The fraction of sp³-hybridized carbons (Fsp3) is 0.762. The van der Waals surface area contributed by atoms with Gasteiger partial charge in [-0.05, 0) is 44.4 Å². The maximum Gasteiger partial charge on any atom is 0.303 e. The molecule has 0 aromatic heterocycles. The lowest BCUT2D eigenvalue weighted by Crippen LogP contribution is -2.21. The Morgan fingerprint density at radius 3 is 2.50 bits per heavy atom. The SMILES string of the molecule is CO[C@@H]1C[C@H](O)C(C/C=C/CCCC(=O)O)[C@@H]1/C=C/CCCCCCO. The average Bonchev–Trinajstić information content (AvgIpc) is 2.92. The predicted molar refractivity (Wildman–Crippen MR) is 103 cm³/mol. The Morgan fingerprint density at radius 2 is 1.81 bits per heavy atom. The minimum Gasteiger partial charge on any atom is -0.481 e. The summed E-state index contributed by atoms with van der Waals surface area (Å²) in [4.78, 5) is 10.5. The van der Waals surface area contributed by atoms with E-state index in [0.717, 1.165) is 44.9 Å². The van der Waals surface area contributed by atoms with Crippen molar-refractivity contribution in [3.05, 3.63) is 24.3 Å². The molecule has 1 aliphatic carbocycles. The minimum atomic E-state index is -0.755. The molecule has 5 nitrogen and oxygen atoms in total. The lowest BCUT2D eigenvalue weighted by molar-refractivity contribution is -0.137. The van der Waals surface area contributed by atoms with Crippen LogP contribution in [-0.2, 0) is 9.53 Å². The van der Waals surface area contributed by atoms with Gasteiger partial charge in [0.25, 0.3) is 0 Å². The van der Waals surface area contributed by atoms with Crippen LogP contribution >= 0.6 is 0 Å². The molecule has 1 unspecified atom stereocenters. The first-order valence-corrected chi connectivity index (χ1v) is 9.95. The molecule has 0 bridgehead atoms. The van der Waals surface area contributed by atoms with E-state index < -0.39 is 5.97 Å². The number of allylic oxidation sites excluding steroid dienone is 3. The van der Waals surface area contributed by atoms with Crippen molar-refractivity contribution in [1.29, 1.82) is 0 Å². The van der Waals surface area contributed by atoms with Crippen LogP contribution in [0.25, 0.3) is 0 Å². The highest BCUT2D eigenvalue weighted by atomic mass is 16.5. The number of aliphatic hydroxyl groups is 2. The van der Waals surface area contributed by atoms with Crippen molar-refractivity contribution >= 4 is 5.97 Å². The Morgan fingerprint density at radius 1 is 1.08 bits per heavy atom. The molecular formula is C21H36O5. The van der Waals surface area contributed by atoms with Gasteiger partial charge < -0.3 is 20.1 Å². The molecule has 0 aliphatic heterocycles. The van der Waals surface area contributed by atoms with E-state index in [-0.39, 0.29) is 37.1 Å². The molecule has 0 heterocycles. The van der Waals surface area contributed by atoms with Gasteiger partial charge in [0.2, 0.25) is 0 Å². The van der Waals surface area contributed by atoms with Gasteiger partial charge in [-0.1, -0.05) is 37.1 Å². The number of carboxylic acids is 1. The molecule has 5 heteroatoms. The zero-order valence-electron chi connectivity index (χ0n) is 16.1. The first-order valence-electron chi connectivity index (χ1n) is 9.95. The molecule has 1 rings (SSSR count). The summed E-state index contributed by atoms with van der Waals surface area (Å²) in [5, 5.41) is 27.8. The van der Waals surface area contributed by atoms with Crippen molar-refractivity contribution in [1.82, 2.24) is 0 Å². The van der Waals surface area contributed by atoms with Gasteiger partial charge >= 0.3 is 5.97 Å². The molecule has 0 saturated heterocycles. The standard InChI is InChI=1S/C21H36O5/c1-26-20-16-19(23)17(12-8-5-6-10-14-21(24)25)18(20)13-9-4-2-3-7-11-15-22/h5,8-9,13,17-20,22-23H,2-4,6-7,10-12,14-16H2,1H3,(H,24,25)/b8-5+,13-9+/t17?,18-,19-,20+/m0/s1. The van der Waals surface area contributed by atoms with Gasteiger partial charge in [-0.25, -0.2) is 0 Å². The third-order valence-electron chi connectivity index (χ3n) is 5.17. The summed E-state index contributed by atoms with van der Waals surface area (Å²) >= 11 is 0. The molecule has 0 spiro atoms. The number of hydrogen-bond donors (Lipinski definition) is 3. The lowest BCUT2D eigenvalue weighted by Gasteiger charge is -2.20. The predicted octanol–water partition coefficient (Wildman–Crippen LogP) is 3.70. The highest BCUT2D eigenvalue weighted by Crippen LogP contribution is 2.38. The smallest absolute Gasteiger partial charge is 0.303 e. The summed E-state index contributed by atoms with van der Waals surface area (Å²) in [5.74, 6) is -0.383. The van der Waals surface area contributed by atoms with Gasteiger partial charge in [0.15, 0.2) is 0 Å². The normalized spacial score (nSPS) is 26.3. The number of rotatable bonds is 14. The zero-order chi connectivity index (χ0) is 19.2. The van der Waals surface area contributed by atoms with Crippen molar-refractivity contribution in [2.24, 2.45) is 11.8 Å². The number of hydrogen-bond acceptors (Lipinski definition) is 4. The average molecular weight is 369 g/mol. The highest BCUT2D eigenvalue weighted by molar-refractivity contribution is 5.66. The number of aliphatic hydroxyl groups excluding tert-OH is 2. The van der Waals surface area contributed by atoms with E-state index >= 15 is 0 Å². The molecule has 0 amide bonds. The van der Waals surface area contributed by atoms with Crippen molar-refractivity contribution in [3.8, 4) is 0 Å². The molecular weight excluding hydrogens is 332 g/mol. The quantitative estimate of drug-likeness (QED) is 0.321. The van der Waals surface area contributed by atoms with Crippen LogP contribution in [-0.4, -0.2) is 47.2 Å². The Bertz CT molecular complexity index is 432. The zero-order valence-corrected chi connectivity index (χ0v) is 16.1. The second-order valence-electron chi connectivity index (χ2n) is 7.17. The fourth-order valence-corrected chi connectivity index (χ4v) is 3.66. The summed E-state index contributed by atoms with van der Waals surface area (Å²) in [6.45, 7) is 0.275. The van der Waals surface area contributed by atoms with E-state index in [2.05, 4.69) is 18.2 Å². The van der Waals surface area contributed by atoms with Crippen LogP contribution in [0, 0.1) is 11.8 Å². The number of unbranched alkanes of at least 4 members (excludes halogenated alkanes) is 5. The van der Waals surface area contributed by atoms with E-state index in [1.54, 1.807) is 7.11 Å². The molecule has 0 radical (unpaired) electrons. The fourth-order valence-electron chi connectivity index (χ4n) is 3.66. The Hall–Kier alpha value is -1.17. The number of carboxylic acid groups (broad SMARTS) is 1. The van der Waals surface area contributed by atoms with Crippen LogP contribution in [0.5, 0.6) is 0 Å². The summed E-state index contributed by atoms with van der Waals surface area (Å²) in [6, 6.07) is 0. The monoisotopic (exact) mass is 368 g/mol. The number of ether oxygens (including phenoxy) is 1. The van der Waals surface area contributed by atoms with Crippen molar-refractivity contribution in [2.45, 2.75) is 76.4 Å². The maximum absolute atomic E-state index is 10.5. The van der Waals surface area contributed by atoms with E-state index in [4.69, 9.17) is 14.9 Å². The van der Waals surface area contributed by atoms with Gasteiger partial charge in [-0.2, -0.15) is 0 Å². The third kappa shape index (κ3) is 8.97. The van der Waals surface area contributed by atoms with E-state index in [1.165, 1.54) is 0 Å². The highest BCUT2D eigenvalue weighted by Gasteiger charge is 2.40. The van der Waals surface area contributed by atoms with Crippen LogP contribution in [0.15, 0.2) is 24.3 Å². The lowest BCUT2D eigenvalue weighted by atomic mass is 9.89. The van der Waals surface area contributed by atoms with Crippen LogP contribution in [0.3, 0.4) is 0 Å². The van der Waals surface area contributed by atoms with Gasteiger partial charge in [-0.15, -0.1) is 0 Å². The van der Waals surface area contributed by atoms with Gasteiger partial charge in [0, 0.05) is 32.5 Å². The summed E-state index contributed by atoms with van der Waals surface area (Å²) in [5.41, 5.74) is 0. The molecule has 1 aliphatic rings. The molecule has 1 fully saturated rings. The molecule has 0 aromatic rings. The van der Waals surface area contributed by atoms with Crippen LogP contribution in [0.2, 0.25) is 0 Å².